The third-order valence-corrected chi connectivity index (χ3v) is 10.5. The van der Waals surface area contributed by atoms with E-state index in [9.17, 15) is 20.1 Å². The lowest BCUT2D eigenvalue weighted by atomic mass is 9.85. The summed E-state index contributed by atoms with van der Waals surface area (Å²) in [5.74, 6) is 2.30. The molecule has 11 heteroatoms. The van der Waals surface area contributed by atoms with Gasteiger partial charge in [-0.05, 0) is 49.4 Å². The fourth-order valence-corrected chi connectivity index (χ4v) is 8.30. The molecule has 0 radical (unpaired) electrons. The van der Waals surface area contributed by atoms with Crippen molar-refractivity contribution in [1.29, 1.82) is 0 Å². The maximum absolute atomic E-state index is 13.7. The van der Waals surface area contributed by atoms with Crippen molar-refractivity contribution < 1.29 is 34.3 Å². The third-order valence-electron chi connectivity index (χ3n) is 9.15. The van der Waals surface area contributed by atoms with Gasteiger partial charge >= 0.3 is 0 Å². The second-order valence-electron chi connectivity index (χ2n) is 12.7. The van der Waals surface area contributed by atoms with Crippen LogP contribution in [0.3, 0.4) is 0 Å². The number of rotatable bonds is 6. The van der Waals surface area contributed by atoms with E-state index < -0.39 is 41.9 Å². The Morgan fingerprint density at radius 2 is 1.93 bits per heavy atom. The van der Waals surface area contributed by atoms with Gasteiger partial charge in [-0.15, -0.1) is 11.8 Å². The van der Waals surface area contributed by atoms with Crippen molar-refractivity contribution in [2.75, 3.05) is 51.8 Å². The molecule has 5 N–H and O–H groups in total. The van der Waals surface area contributed by atoms with E-state index in [1.165, 1.54) is 18.2 Å². The molecule has 40 heavy (non-hydrogen) atoms. The molecule has 5 rings (SSSR count). The number of amides is 1. The van der Waals surface area contributed by atoms with Crippen LogP contribution in [0.4, 0.5) is 0 Å². The summed E-state index contributed by atoms with van der Waals surface area (Å²) in [5, 5.41) is 38.9. The fourth-order valence-electron chi connectivity index (χ4n) is 7.08. The average molecular weight is 584 g/mol. The Labute approximate surface area is 242 Å². The van der Waals surface area contributed by atoms with E-state index in [0.29, 0.717) is 36.5 Å². The zero-order chi connectivity index (χ0) is 28.2. The van der Waals surface area contributed by atoms with Crippen LogP contribution in [-0.4, -0.2) is 126 Å². The zero-order valence-electron chi connectivity index (χ0n) is 23.9. The summed E-state index contributed by atoms with van der Waals surface area (Å²) in [4.78, 5) is 16.1. The topological polar surface area (TPSA) is 133 Å². The van der Waals surface area contributed by atoms with Crippen molar-refractivity contribution in [2.24, 2.45) is 23.7 Å². The summed E-state index contributed by atoms with van der Waals surface area (Å²) >= 11 is 1.46. The first-order valence-corrected chi connectivity index (χ1v) is 16.3. The molecule has 5 heterocycles. The second kappa shape index (κ2) is 14.1. The van der Waals surface area contributed by atoms with Crippen molar-refractivity contribution in [2.45, 2.75) is 87.6 Å². The number of fused-ring (bicyclic) bond motifs is 3. The average Bonchev–Trinajstić information content (AvgIpc) is 3.22. The van der Waals surface area contributed by atoms with E-state index in [0.717, 1.165) is 52.2 Å². The largest absolute Gasteiger partial charge is 0.388 e. The maximum atomic E-state index is 13.7. The minimum Gasteiger partial charge on any atom is -0.388 e. The van der Waals surface area contributed by atoms with Gasteiger partial charge in [-0.3, -0.25) is 9.69 Å². The number of ether oxygens (including phenoxy) is 3. The lowest BCUT2D eigenvalue weighted by molar-refractivity contribution is -0.205. The molecule has 1 amide bonds. The zero-order valence-corrected chi connectivity index (χ0v) is 24.7. The first-order chi connectivity index (χ1) is 19.3. The van der Waals surface area contributed by atoms with Crippen LogP contribution >= 0.6 is 11.8 Å². The third kappa shape index (κ3) is 7.41. The summed E-state index contributed by atoms with van der Waals surface area (Å²) in [6, 6.07) is -1.04. The normalized spacial score (nSPS) is 44.0. The highest BCUT2D eigenvalue weighted by atomic mass is 32.2. The molecular formula is C29H49N3O7S. The standard InChI is InChI=1S/C29H49N3O7S/c1-17(2)12-18-6-9-38-26-20(13-18)14-30-22(26)28(36)31-21-5-3-4-19(15-32-7-10-37-11-8-32)16-40-29-25(35)23(33)24(34)27(21)39-29/h3-4,17-27,29-30,33-35H,5-16H2,1-2H3,(H,31,36)/b4-3+/t18-,19?,20-,21+,22-,23-,24+,25+,26+,27+,29+/m0/s1. The Bertz CT molecular complexity index is 859. The molecule has 1 unspecified atom stereocenters. The smallest absolute Gasteiger partial charge is 0.240 e. The van der Waals surface area contributed by atoms with Gasteiger partial charge in [-0.1, -0.05) is 26.0 Å². The van der Waals surface area contributed by atoms with E-state index in [2.05, 4.69) is 41.5 Å². The molecule has 0 aromatic heterocycles. The van der Waals surface area contributed by atoms with Crippen molar-refractivity contribution in [1.82, 2.24) is 15.5 Å². The van der Waals surface area contributed by atoms with E-state index in [1.807, 2.05) is 0 Å². The number of carbonyl (C=O) groups excluding carboxylic acids is 1. The number of carbonyl (C=O) groups is 1. The second-order valence-corrected chi connectivity index (χ2v) is 13.9. The molecule has 0 aromatic rings. The highest BCUT2D eigenvalue weighted by Crippen LogP contribution is 2.35. The lowest BCUT2D eigenvalue weighted by Crippen LogP contribution is -2.64. The van der Waals surface area contributed by atoms with Crippen LogP contribution in [0.1, 0.15) is 39.5 Å². The molecule has 4 fully saturated rings. The molecule has 0 aromatic carbocycles. The number of aliphatic hydroxyl groups is 3. The van der Waals surface area contributed by atoms with Crippen molar-refractivity contribution in [3.63, 3.8) is 0 Å². The van der Waals surface area contributed by atoms with Crippen molar-refractivity contribution in [3.8, 4) is 0 Å². The molecule has 5 aliphatic heterocycles. The van der Waals surface area contributed by atoms with Gasteiger partial charge in [0, 0.05) is 38.5 Å². The van der Waals surface area contributed by atoms with Crippen LogP contribution in [-0.2, 0) is 19.0 Å². The summed E-state index contributed by atoms with van der Waals surface area (Å²) in [6.45, 7) is 10.0. The van der Waals surface area contributed by atoms with Crippen LogP contribution < -0.4 is 10.6 Å². The number of nitrogens with zero attached hydrogens (tertiary/aromatic N) is 1. The van der Waals surface area contributed by atoms with Gasteiger partial charge in [-0.25, -0.2) is 0 Å². The maximum Gasteiger partial charge on any atom is 0.240 e. The number of hydrogen-bond acceptors (Lipinski definition) is 10. The van der Waals surface area contributed by atoms with Crippen LogP contribution in [0.25, 0.3) is 0 Å². The van der Waals surface area contributed by atoms with Crippen molar-refractivity contribution >= 4 is 17.7 Å². The minimum atomic E-state index is -1.35. The number of thioether (sulfide) groups is 1. The van der Waals surface area contributed by atoms with E-state index in [-0.39, 0.29) is 17.9 Å². The van der Waals surface area contributed by atoms with Crippen LogP contribution in [0.5, 0.6) is 0 Å². The van der Waals surface area contributed by atoms with E-state index in [1.54, 1.807) is 0 Å². The Hall–Kier alpha value is -0.760. The lowest BCUT2D eigenvalue weighted by Gasteiger charge is -2.44. The first kappa shape index (κ1) is 30.7. The Balaban J connectivity index is 1.28. The predicted octanol–water partition coefficient (Wildman–Crippen LogP) is 0.350. The molecule has 5 aliphatic rings. The molecule has 2 bridgehead atoms. The highest BCUT2D eigenvalue weighted by Gasteiger charge is 2.49. The van der Waals surface area contributed by atoms with E-state index >= 15 is 0 Å². The SMILES string of the molecule is CC(C)C[C@@H]1CCO[C@@H]2[C@H](CN[C@@H]2C(=O)N[C@@H]2C/C=C/C(CN3CCOCC3)CS[C@H]3O[C@H]2[C@H](O)[C@H](O)[C@H]3O)C1. The monoisotopic (exact) mass is 583 g/mol. The first-order valence-electron chi connectivity index (χ1n) is 15.2. The van der Waals surface area contributed by atoms with Crippen molar-refractivity contribution in [3.05, 3.63) is 12.2 Å². The molecule has 11 atom stereocenters. The number of aliphatic hydroxyl groups excluding tert-OH is 3. The minimum absolute atomic E-state index is 0.171. The summed E-state index contributed by atoms with van der Waals surface area (Å²) in [7, 11) is 0. The van der Waals surface area contributed by atoms with Gasteiger partial charge in [0.2, 0.25) is 5.91 Å². The van der Waals surface area contributed by atoms with Gasteiger partial charge in [0.05, 0.1) is 25.4 Å². The van der Waals surface area contributed by atoms with Gasteiger partial charge < -0.3 is 40.2 Å². The Morgan fingerprint density at radius 3 is 2.70 bits per heavy atom. The summed E-state index contributed by atoms with van der Waals surface area (Å²) in [5.41, 5.74) is -0.696. The van der Waals surface area contributed by atoms with Crippen LogP contribution in [0, 0.1) is 23.7 Å². The molecule has 0 saturated carbocycles. The fraction of sp³-hybridized carbons (Fsp3) is 0.897. The predicted molar refractivity (Wildman–Crippen MR) is 153 cm³/mol. The molecular weight excluding hydrogens is 534 g/mol. The van der Waals surface area contributed by atoms with Gasteiger partial charge in [0.1, 0.15) is 35.9 Å². The summed E-state index contributed by atoms with van der Waals surface area (Å²) in [6.07, 6.45) is 3.05. The Morgan fingerprint density at radius 1 is 1.12 bits per heavy atom. The summed E-state index contributed by atoms with van der Waals surface area (Å²) < 4.78 is 18.0. The molecule has 228 valence electrons. The van der Waals surface area contributed by atoms with Gasteiger partial charge in [0.25, 0.3) is 0 Å². The van der Waals surface area contributed by atoms with E-state index in [4.69, 9.17) is 14.2 Å². The molecule has 0 aliphatic carbocycles. The molecule has 4 saturated heterocycles. The van der Waals surface area contributed by atoms with Crippen LogP contribution in [0.2, 0.25) is 0 Å². The molecule has 0 spiro atoms. The van der Waals surface area contributed by atoms with Crippen LogP contribution in [0.15, 0.2) is 12.2 Å². The quantitative estimate of drug-likeness (QED) is 0.279. The number of nitrogens with one attached hydrogen (secondary N) is 2. The number of morpholine rings is 1. The van der Waals surface area contributed by atoms with Gasteiger partial charge in [0.15, 0.2) is 0 Å². The number of hydrogen-bond donors (Lipinski definition) is 5. The molecule has 10 nitrogen and oxygen atoms in total. The Kier molecular flexibility index (Phi) is 10.8. The highest BCUT2D eigenvalue weighted by molar-refractivity contribution is 7.99. The van der Waals surface area contributed by atoms with Gasteiger partial charge in [-0.2, -0.15) is 0 Å².